The predicted octanol–water partition coefficient (Wildman–Crippen LogP) is 4.22. The van der Waals surface area contributed by atoms with E-state index in [0.29, 0.717) is 22.7 Å². The number of benzene rings is 2. The molecule has 0 aliphatic carbocycles. The highest BCUT2D eigenvalue weighted by atomic mass is 16.6. The first-order valence-electron chi connectivity index (χ1n) is 9.00. The van der Waals surface area contributed by atoms with Gasteiger partial charge in [0, 0.05) is 23.8 Å². The van der Waals surface area contributed by atoms with Crippen LogP contribution in [-0.2, 0) is 4.79 Å². The number of carbonyl (C=O) groups is 1. The molecule has 4 aromatic rings. The van der Waals surface area contributed by atoms with Crippen molar-refractivity contribution in [3.05, 3.63) is 64.3 Å². The van der Waals surface area contributed by atoms with Gasteiger partial charge in [0.15, 0.2) is 6.61 Å². The second-order valence-corrected chi connectivity index (χ2v) is 6.52. The number of fused-ring (bicyclic) bond motifs is 3. The van der Waals surface area contributed by atoms with Gasteiger partial charge in [-0.05, 0) is 34.2 Å². The van der Waals surface area contributed by atoms with Crippen molar-refractivity contribution in [2.45, 2.75) is 6.92 Å². The van der Waals surface area contributed by atoms with Crippen LogP contribution in [-0.4, -0.2) is 29.5 Å². The summed E-state index contributed by atoms with van der Waals surface area (Å²) in [7, 11) is 1.50. The van der Waals surface area contributed by atoms with Crippen LogP contribution in [0.1, 0.15) is 5.69 Å². The first-order valence-corrected chi connectivity index (χ1v) is 9.00. The first-order chi connectivity index (χ1) is 14.5. The van der Waals surface area contributed by atoms with Crippen LogP contribution in [0.15, 0.2) is 52.9 Å². The fourth-order valence-electron chi connectivity index (χ4n) is 3.12. The highest BCUT2D eigenvalue weighted by Gasteiger charge is 2.19. The van der Waals surface area contributed by atoms with Gasteiger partial charge in [0.2, 0.25) is 5.75 Å². The molecule has 9 heteroatoms. The number of nitro groups is 1. The number of nitrogens with zero attached hydrogens (tertiary/aromatic N) is 2. The second kappa shape index (κ2) is 7.70. The Labute approximate surface area is 170 Å². The molecule has 0 spiro atoms. The summed E-state index contributed by atoms with van der Waals surface area (Å²) < 4.78 is 16.6. The van der Waals surface area contributed by atoms with Crippen LogP contribution >= 0.6 is 0 Å². The van der Waals surface area contributed by atoms with E-state index >= 15 is 0 Å². The molecule has 152 valence electrons. The highest BCUT2D eigenvalue weighted by Crippen LogP contribution is 2.36. The van der Waals surface area contributed by atoms with Crippen LogP contribution in [0.3, 0.4) is 0 Å². The van der Waals surface area contributed by atoms with Gasteiger partial charge in [-0.25, -0.2) is 0 Å². The summed E-state index contributed by atoms with van der Waals surface area (Å²) in [5.41, 5.74) is 2.18. The van der Waals surface area contributed by atoms with E-state index in [1.165, 1.54) is 13.2 Å². The molecule has 9 nitrogen and oxygen atoms in total. The Bertz CT molecular complexity index is 1280. The number of hydrogen-bond acceptors (Lipinski definition) is 7. The van der Waals surface area contributed by atoms with E-state index in [1.807, 2.05) is 24.3 Å². The average Bonchev–Trinajstić information content (AvgIpc) is 3.09. The minimum absolute atomic E-state index is 0.0829. The van der Waals surface area contributed by atoms with E-state index < -0.39 is 23.3 Å². The maximum Gasteiger partial charge on any atom is 0.406 e. The topological polar surface area (TPSA) is 117 Å². The van der Waals surface area contributed by atoms with Crippen molar-refractivity contribution in [1.82, 2.24) is 4.98 Å². The Balaban J connectivity index is 1.56. The third kappa shape index (κ3) is 3.60. The van der Waals surface area contributed by atoms with Crippen LogP contribution in [0.25, 0.3) is 21.9 Å². The molecule has 0 bridgehead atoms. The first kappa shape index (κ1) is 19.2. The van der Waals surface area contributed by atoms with Gasteiger partial charge < -0.3 is 29.3 Å². The third-order valence-corrected chi connectivity index (χ3v) is 4.48. The predicted molar refractivity (Wildman–Crippen MR) is 110 cm³/mol. The molecule has 0 radical (unpaired) electrons. The molecule has 1 amide bonds. The van der Waals surface area contributed by atoms with Gasteiger partial charge in [-0.15, -0.1) is 0 Å². The molecule has 0 fully saturated rings. The van der Waals surface area contributed by atoms with Gasteiger partial charge in [0.1, 0.15) is 22.6 Å². The number of furan rings is 1. The van der Waals surface area contributed by atoms with Gasteiger partial charge in [-0.1, -0.05) is 18.2 Å². The maximum atomic E-state index is 12.4. The van der Waals surface area contributed by atoms with Crippen molar-refractivity contribution in [2.75, 3.05) is 19.0 Å². The van der Waals surface area contributed by atoms with Crippen LogP contribution < -0.4 is 14.8 Å². The number of methoxy groups -OCH3 is 1. The van der Waals surface area contributed by atoms with Gasteiger partial charge in [-0.2, -0.15) is 0 Å². The van der Waals surface area contributed by atoms with Crippen molar-refractivity contribution in [3.8, 4) is 11.5 Å². The van der Waals surface area contributed by atoms with Crippen LogP contribution in [0.4, 0.5) is 11.5 Å². The molecule has 2 aromatic carbocycles. The Morgan fingerprint density at radius 1 is 1.13 bits per heavy atom. The lowest BCUT2D eigenvalue weighted by atomic mass is 10.1. The van der Waals surface area contributed by atoms with E-state index in [1.54, 1.807) is 25.1 Å². The Kier molecular flexibility index (Phi) is 4.93. The zero-order valence-corrected chi connectivity index (χ0v) is 16.2. The summed E-state index contributed by atoms with van der Waals surface area (Å²) in [6.07, 6.45) is 0. The van der Waals surface area contributed by atoms with Crippen molar-refractivity contribution in [2.24, 2.45) is 0 Å². The lowest BCUT2D eigenvalue weighted by Gasteiger charge is -2.11. The largest absolute Gasteiger partial charge is 0.495 e. The van der Waals surface area contributed by atoms with Crippen molar-refractivity contribution < 1.29 is 23.6 Å². The van der Waals surface area contributed by atoms with E-state index in [-0.39, 0.29) is 5.75 Å². The Morgan fingerprint density at radius 2 is 1.93 bits per heavy atom. The van der Waals surface area contributed by atoms with Crippen molar-refractivity contribution in [3.63, 3.8) is 0 Å². The number of hydrogen-bond donors (Lipinski definition) is 1. The highest BCUT2D eigenvalue weighted by molar-refractivity contribution is 6.07. The molecule has 0 unspecified atom stereocenters. The molecule has 2 aromatic heterocycles. The number of aromatic nitrogens is 1. The lowest BCUT2D eigenvalue weighted by Crippen LogP contribution is -2.21. The zero-order chi connectivity index (χ0) is 21.3. The zero-order valence-electron chi connectivity index (χ0n) is 16.2. The number of amides is 1. The molecule has 2 heterocycles. The number of anilines is 1. The summed E-state index contributed by atoms with van der Waals surface area (Å²) >= 11 is 0. The third-order valence-electron chi connectivity index (χ3n) is 4.48. The molecule has 0 aliphatic heterocycles. The molecular weight excluding hydrogens is 390 g/mol. The normalized spacial score (nSPS) is 10.9. The quantitative estimate of drug-likeness (QED) is 0.375. The van der Waals surface area contributed by atoms with Crippen molar-refractivity contribution in [1.29, 1.82) is 0 Å². The Hall–Kier alpha value is -4.14. The van der Waals surface area contributed by atoms with Crippen LogP contribution in [0.2, 0.25) is 0 Å². The minimum atomic E-state index is -0.654. The summed E-state index contributed by atoms with van der Waals surface area (Å²) in [6, 6.07) is 14.0. The summed E-state index contributed by atoms with van der Waals surface area (Å²) in [6.45, 7) is 1.19. The SMILES string of the molecule is COc1cc2c(cc1NC(=O)COc1ccc(C)nc1[N+](=O)[O-])oc1ccccc12. The molecular formula is C21H17N3O6. The smallest absolute Gasteiger partial charge is 0.406 e. The lowest BCUT2D eigenvalue weighted by molar-refractivity contribution is -0.390. The van der Waals surface area contributed by atoms with Gasteiger partial charge >= 0.3 is 5.82 Å². The number of pyridine rings is 1. The minimum Gasteiger partial charge on any atom is -0.495 e. The monoisotopic (exact) mass is 407 g/mol. The molecule has 4 rings (SSSR count). The number of aryl methyl sites for hydroxylation is 1. The number of para-hydroxylation sites is 1. The van der Waals surface area contributed by atoms with Gasteiger partial charge in [0.25, 0.3) is 5.91 Å². The van der Waals surface area contributed by atoms with Gasteiger partial charge in [-0.3, -0.25) is 4.79 Å². The van der Waals surface area contributed by atoms with Gasteiger partial charge in [0.05, 0.1) is 12.8 Å². The summed E-state index contributed by atoms with van der Waals surface area (Å²) in [5, 5.41) is 15.6. The second-order valence-electron chi connectivity index (χ2n) is 6.52. The van der Waals surface area contributed by atoms with Crippen molar-refractivity contribution >= 4 is 39.4 Å². The van der Waals surface area contributed by atoms with E-state index in [4.69, 9.17) is 13.9 Å². The van der Waals surface area contributed by atoms with E-state index in [0.717, 1.165) is 16.4 Å². The molecule has 0 aliphatic rings. The molecule has 0 saturated carbocycles. The Morgan fingerprint density at radius 3 is 2.70 bits per heavy atom. The maximum absolute atomic E-state index is 12.4. The van der Waals surface area contributed by atoms with E-state index in [9.17, 15) is 14.9 Å². The molecule has 0 atom stereocenters. The fraction of sp³-hybridized carbons (Fsp3) is 0.143. The fourth-order valence-corrected chi connectivity index (χ4v) is 3.12. The summed E-state index contributed by atoms with van der Waals surface area (Å²) in [4.78, 5) is 26.7. The number of rotatable bonds is 6. The standard InChI is InChI=1S/C21H17N3O6/c1-12-7-8-17(21(22-12)24(26)27)29-11-20(25)23-15-10-18-14(9-19(15)28-2)13-5-3-4-6-16(13)30-18/h3-10H,11H2,1-2H3,(H,23,25). The van der Waals surface area contributed by atoms with Crippen LogP contribution in [0, 0.1) is 17.0 Å². The number of carbonyl (C=O) groups excluding carboxylic acids is 1. The van der Waals surface area contributed by atoms with E-state index in [2.05, 4.69) is 10.3 Å². The van der Waals surface area contributed by atoms with Crippen LogP contribution in [0.5, 0.6) is 11.5 Å². The average molecular weight is 407 g/mol. The molecule has 1 N–H and O–H groups in total. The molecule has 30 heavy (non-hydrogen) atoms. The summed E-state index contributed by atoms with van der Waals surface area (Å²) in [5.74, 6) is -0.589. The molecule has 0 saturated heterocycles. The number of nitrogens with one attached hydrogen (secondary N) is 1. The number of ether oxygens (including phenoxy) is 2.